The largest absolute Gasteiger partial charge is 0.458 e. The number of carbonyl (C=O) groups is 1. The van der Waals surface area contributed by atoms with Gasteiger partial charge in [-0.2, -0.15) is 5.26 Å². The van der Waals surface area contributed by atoms with Gasteiger partial charge in [0.25, 0.3) is 0 Å². The van der Waals surface area contributed by atoms with Crippen molar-refractivity contribution in [3.63, 3.8) is 0 Å². The van der Waals surface area contributed by atoms with E-state index in [2.05, 4.69) is 4.99 Å². The van der Waals surface area contributed by atoms with Crippen LogP contribution >= 0.6 is 0 Å². The van der Waals surface area contributed by atoms with Gasteiger partial charge in [-0.25, -0.2) is 4.79 Å². The number of rotatable bonds is 7. The van der Waals surface area contributed by atoms with Crippen molar-refractivity contribution in [1.29, 1.82) is 5.26 Å². The minimum atomic E-state index is -2.03. The fourth-order valence-electron chi connectivity index (χ4n) is 2.44. The molecular weight excluding hydrogens is 336 g/mol. The van der Waals surface area contributed by atoms with Gasteiger partial charge in [0.15, 0.2) is 0 Å². The highest BCUT2D eigenvalue weighted by Gasteiger charge is 2.25. The molecule has 1 unspecified atom stereocenters. The number of nitrogens with zero attached hydrogens (tertiary/aromatic N) is 2. The predicted molar refractivity (Wildman–Crippen MR) is 108 cm³/mol. The molecule has 0 aliphatic heterocycles. The number of benzene rings is 2. The Morgan fingerprint density at radius 1 is 1.11 bits per heavy atom. The molecule has 140 valence electrons. The molecule has 0 saturated carbocycles. The monoisotopic (exact) mass is 364 g/mol. The minimum Gasteiger partial charge on any atom is -0.458 e. The summed E-state index contributed by atoms with van der Waals surface area (Å²) in [5.41, 5.74) is 1.25. The standard InChI is InChI=1S/C23H26N2O2/c1-23(2,3)27-22(26)20(16-10-11-17-24)25-21(18-12-6-4-7-13-18)19-14-8-5-9-15-19/h4-9,12-15,20H,10-11,16H2,1-3H3/i16D2. The molecule has 0 heterocycles. The van der Waals surface area contributed by atoms with E-state index >= 15 is 0 Å². The third kappa shape index (κ3) is 6.71. The van der Waals surface area contributed by atoms with Gasteiger partial charge in [0, 0.05) is 20.3 Å². The molecule has 0 N–H and O–H groups in total. The highest BCUT2D eigenvalue weighted by Crippen LogP contribution is 2.18. The summed E-state index contributed by atoms with van der Waals surface area (Å²) >= 11 is 0. The molecule has 2 aromatic rings. The van der Waals surface area contributed by atoms with Gasteiger partial charge in [-0.1, -0.05) is 60.7 Å². The Hall–Kier alpha value is -2.93. The van der Waals surface area contributed by atoms with Crippen molar-refractivity contribution in [2.75, 3.05) is 0 Å². The molecule has 0 spiro atoms. The smallest absolute Gasteiger partial charge is 0.331 e. The van der Waals surface area contributed by atoms with Crippen LogP contribution in [0.4, 0.5) is 0 Å². The van der Waals surface area contributed by atoms with Crippen molar-refractivity contribution in [3.05, 3.63) is 71.8 Å². The Labute approximate surface area is 164 Å². The molecule has 0 aliphatic carbocycles. The summed E-state index contributed by atoms with van der Waals surface area (Å²) in [6.07, 6.45) is -2.17. The molecule has 0 bridgehead atoms. The van der Waals surface area contributed by atoms with E-state index < -0.39 is 24.0 Å². The lowest BCUT2D eigenvalue weighted by molar-refractivity contribution is -0.156. The zero-order chi connectivity index (χ0) is 21.5. The number of hydrogen-bond acceptors (Lipinski definition) is 4. The van der Waals surface area contributed by atoms with Crippen LogP contribution < -0.4 is 0 Å². The minimum absolute atomic E-state index is 0.0200. The van der Waals surface area contributed by atoms with Crippen LogP contribution in [-0.2, 0) is 9.53 Å². The van der Waals surface area contributed by atoms with Crippen LogP contribution in [0.2, 0.25) is 0 Å². The second-order valence-electron chi connectivity index (χ2n) is 7.01. The fourth-order valence-corrected chi connectivity index (χ4v) is 2.44. The number of carbonyl (C=O) groups excluding carboxylic acids is 1. The van der Waals surface area contributed by atoms with Crippen LogP contribution in [0.1, 0.15) is 53.9 Å². The van der Waals surface area contributed by atoms with E-state index in [0.29, 0.717) is 5.71 Å². The van der Waals surface area contributed by atoms with Gasteiger partial charge in [0.05, 0.1) is 11.8 Å². The normalized spacial score (nSPS) is 13.6. The SMILES string of the molecule is [2H]C([2H])(CCC#N)C(N=C(c1ccccc1)c1ccccc1)C(=O)OC(C)(C)C. The quantitative estimate of drug-likeness (QED) is 0.517. The van der Waals surface area contributed by atoms with Gasteiger partial charge in [-0.3, -0.25) is 4.99 Å². The van der Waals surface area contributed by atoms with Crippen LogP contribution in [0, 0.1) is 11.3 Å². The Kier molecular flexibility index (Phi) is 6.27. The molecule has 2 aromatic carbocycles. The first-order chi connectivity index (χ1) is 13.6. The topological polar surface area (TPSA) is 62.5 Å². The first kappa shape index (κ1) is 17.5. The fraction of sp³-hybridized carbons (Fsp3) is 0.348. The lowest BCUT2D eigenvalue weighted by Gasteiger charge is -2.23. The second-order valence-corrected chi connectivity index (χ2v) is 7.01. The number of ether oxygens (including phenoxy) is 1. The predicted octanol–water partition coefficient (Wildman–Crippen LogP) is 4.93. The molecule has 2 rings (SSSR count). The molecule has 4 nitrogen and oxygen atoms in total. The summed E-state index contributed by atoms with van der Waals surface area (Å²) in [4.78, 5) is 17.5. The summed E-state index contributed by atoms with van der Waals surface area (Å²) in [6, 6.07) is 19.2. The van der Waals surface area contributed by atoms with Gasteiger partial charge in [-0.15, -0.1) is 0 Å². The van der Waals surface area contributed by atoms with E-state index in [1.54, 1.807) is 20.8 Å². The van der Waals surface area contributed by atoms with Crippen molar-refractivity contribution in [2.24, 2.45) is 4.99 Å². The summed E-state index contributed by atoms with van der Waals surface area (Å²) in [5, 5.41) is 8.91. The average Bonchev–Trinajstić information content (AvgIpc) is 2.67. The summed E-state index contributed by atoms with van der Waals surface area (Å²) in [5.74, 6) is -0.746. The van der Waals surface area contributed by atoms with Crippen LogP contribution in [0.3, 0.4) is 0 Å². The molecule has 0 aliphatic rings. The van der Waals surface area contributed by atoms with Crippen LogP contribution in [0.15, 0.2) is 65.7 Å². The molecule has 4 heteroatoms. The third-order valence-electron chi connectivity index (χ3n) is 3.56. The average molecular weight is 364 g/mol. The first-order valence-corrected chi connectivity index (χ1v) is 8.92. The summed E-state index contributed by atoms with van der Waals surface area (Å²) in [7, 11) is 0. The summed E-state index contributed by atoms with van der Waals surface area (Å²) in [6.45, 7) is 5.18. The zero-order valence-electron chi connectivity index (χ0n) is 18.0. The van der Waals surface area contributed by atoms with E-state index in [1.165, 1.54) is 0 Å². The van der Waals surface area contributed by atoms with Crippen LogP contribution in [0.5, 0.6) is 0 Å². The number of nitriles is 1. The van der Waals surface area contributed by atoms with Gasteiger partial charge in [0.2, 0.25) is 0 Å². The molecule has 0 saturated heterocycles. The van der Waals surface area contributed by atoms with E-state index in [9.17, 15) is 4.79 Å². The van der Waals surface area contributed by atoms with Gasteiger partial charge in [-0.05, 0) is 33.6 Å². The lowest BCUT2D eigenvalue weighted by atomic mass is 10.0. The number of hydrogen-bond donors (Lipinski definition) is 0. The molecule has 27 heavy (non-hydrogen) atoms. The van der Waals surface area contributed by atoms with Gasteiger partial charge < -0.3 is 4.74 Å². The van der Waals surface area contributed by atoms with E-state index in [0.717, 1.165) is 11.1 Å². The zero-order valence-corrected chi connectivity index (χ0v) is 16.0. The van der Waals surface area contributed by atoms with Crippen molar-refractivity contribution in [3.8, 4) is 6.07 Å². The highest BCUT2D eigenvalue weighted by atomic mass is 16.6. The Morgan fingerprint density at radius 3 is 2.07 bits per heavy atom. The van der Waals surface area contributed by atoms with Crippen molar-refractivity contribution in [1.82, 2.24) is 0 Å². The van der Waals surface area contributed by atoms with Gasteiger partial charge in [0.1, 0.15) is 11.6 Å². The molecule has 0 fully saturated rings. The van der Waals surface area contributed by atoms with E-state index in [1.807, 2.05) is 66.7 Å². The molecule has 0 amide bonds. The lowest BCUT2D eigenvalue weighted by Crippen LogP contribution is -2.31. The maximum absolute atomic E-state index is 12.9. The van der Waals surface area contributed by atoms with Crippen molar-refractivity contribution < 1.29 is 12.3 Å². The summed E-state index contributed by atoms with van der Waals surface area (Å²) < 4.78 is 22.4. The molecule has 0 radical (unpaired) electrons. The second kappa shape index (κ2) is 9.68. The number of esters is 1. The molecule has 1 atom stereocenters. The van der Waals surface area contributed by atoms with E-state index in [4.69, 9.17) is 12.7 Å². The molecule has 0 aromatic heterocycles. The van der Waals surface area contributed by atoms with Crippen LogP contribution in [-0.4, -0.2) is 23.3 Å². The maximum atomic E-state index is 12.9. The highest BCUT2D eigenvalue weighted by molar-refractivity contribution is 6.13. The Bertz CT molecular complexity index is 841. The van der Waals surface area contributed by atoms with Gasteiger partial charge >= 0.3 is 5.97 Å². The number of aliphatic imine (C=N–C) groups is 1. The molecular formula is C23H26N2O2. The van der Waals surface area contributed by atoms with Crippen LogP contribution in [0.25, 0.3) is 0 Å². The van der Waals surface area contributed by atoms with E-state index in [-0.39, 0.29) is 12.8 Å². The first-order valence-electron chi connectivity index (χ1n) is 9.92. The Balaban J connectivity index is 2.60. The van der Waals surface area contributed by atoms with Crippen molar-refractivity contribution >= 4 is 11.7 Å². The van der Waals surface area contributed by atoms with Crippen molar-refractivity contribution in [2.45, 2.75) is 51.6 Å². The maximum Gasteiger partial charge on any atom is 0.331 e. The Morgan fingerprint density at radius 2 is 1.63 bits per heavy atom. The third-order valence-corrected chi connectivity index (χ3v) is 3.56.